The van der Waals surface area contributed by atoms with E-state index in [2.05, 4.69) is 90.2 Å². The standard InChI is InChI=1S/C17H18Br2N2/c18-13-14-12-15(19)6-7-17(14)21-10-8-20(9-11-21)16-4-2-1-3-5-16/h1-7,12H,8-11,13H2. The molecule has 0 aliphatic carbocycles. The van der Waals surface area contributed by atoms with Crippen LogP contribution in [0.2, 0.25) is 0 Å². The number of alkyl halides is 1. The molecule has 3 rings (SSSR count). The number of benzene rings is 2. The molecule has 1 heterocycles. The van der Waals surface area contributed by atoms with Gasteiger partial charge in [-0.05, 0) is 35.9 Å². The lowest BCUT2D eigenvalue weighted by Crippen LogP contribution is -2.46. The molecule has 1 saturated heterocycles. The van der Waals surface area contributed by atoms with E-state index in [0.29, 0.717) is 0 Å². The Balaban J connectivity index is 1.71. The van der Waals surface area contributed by atoms with Gasteiger partial charge in [0.25, 0.3) is 0 Å². The predicted octanol–water partition coefficient (Wildman–Crippen LogP) is 4.67. The van der Waals surface area contributed by atoms with Gasteiger partial charge in [-0.15, -0.1) is 0 Å². The maximum absolute atomic E-state index is 3.60. The quantitative estimate of drug-likeness (QED) is 0.679. The molecule has 0 unspecified atom stereocenters. The van der Waals surface area contributed by atoms with Crippen LogP contribution in [0.1, 0.15) is 5.56 Å². The molecule has 0 radical (unpaired) electrons. The second-order valence-electron chi connectivity index (χ2n) is 5.22. The molecule has 2 nitrogen and oxygen atoms in total. The van der Waals surface area contributed by atoms with E-state index in [1.807, 2.05) is 0 Å². The first-order valence-electron chi connectivity index (χ1n) is 7.17. The Morgan fingerprint density at radius 1 is 0.857 bits per heavy atom. The van der Waals surface area contributed by atoms with E-state index in [1.54, 1.807) is 0 Å². The van der Waals surface area contributed by atoms with E-state index >= 15 is 0 Å². The fraction of sp³-hybridized carbons (Fsp3) is 0.294. The number of anilines is 2. The zero-order valence-electron chi connectivity index (χ0n) is 11.8. The van der Waals surface area contributed by atoms with E-state index in [0.717, 1.165) is 36.0 Å². The van der Waals surface area contributed by atoms with Crippen LogP contribution < -0.4 is 9.80 Å². The third-order valence-electron chi connectivity index (χ3n) is 3.93. The number of piperazine rings is 1. The normalized spacial score (nSPS) is 15.3. The van der Waals surface area contributed by atoms with Crippen LogP contribution in [0.15, 0.2) is 53.0 Å². The highest BCUT2D eigenvalue weighted by Crippen LogP contribution is 2.28. The average Bonchev–Trinajstić information content (AvgIpc) is 2.56. The molecule has 0 amide bonds. The number of nitrogens with zero attached hydrogens (tertiary/aromatic N) is 2. The molecule has 0 bridgehead atoms. The van der Waals surface area contributed by atoms with Gasteiger partial charge in [0, 0.05) is 47.4 Å². The van der Waals surface area contributed by atoms with Crippen LogP contribution in [0, 0.1) is 0 Å². The summed E-state index contributed by atoms with van der Waals surface area (Å²) >= 11 is 7.15. The molecule has 4 heteroatoms. The Hall–Kier alpha value is -1.00. The highest BCUT2D eigenvalue weighted by Gasteiger charge is 2.19. The molecule has 110 valence electrons. The summed E-state index contributed by atoms with van der Waals surface area (Å²) in [5.41, 5.74) is 4.02. The van der Waals surface area contributed by atoms with Gasteiger partial charge in [0.05, 0.1) is 0 Å². The highest BCUT2D eigenvalue weighted by molar-refractivity contribution is 9.10. The van der Waals surface area contributed by atoms with E-state index < -0.39 is 0 Å². The lowest BCUT2D eigenvalue weighted by molar-refractivity contribution is 0.652. The zero-order chi connectivity index (χ0) is 14.7. The lowest BCUT2D eigenvalue weighted by Gasteiger charge is -2.38. The van der Waals surface area contributed by atoms with E-state index in [9.17, 15) is 0 Å². The topological polar surface area (TPSA) is 6.48 Å². The van der Waals surface area contributed by atoms with Crippen LogP contribution in [-0.4, -0.2) is 26.2 Å². The fourth-order valence-electron chi connectivity index (χ4n) is 2.81. The minimum atomic E-state index is 0.890. The Kier molecular flexibility index (Phi) is 4.86. The van der Waals surface area contributed by atoms with Gasteiger partial charge in [0.15, 0.2) is 0 Å². The zero-order valence-corrected chi connectivity index (χ0v) is 15.0. The molecule has 0 N–H and O–H groups in total. The predicted molar refractivity (Wildman–Crippen MR) is 97.6 cm³/mol. The molecule has 1 aliphatic heterocycles. The number of rotatable bonds is 3. The van der Waals surface area contributed by atoms with Crippen molar-refractivity contribution in [3.63, 3.8) is 0 Å². The number of hydrogen-bond donors (Lipinski definition) is 0. The molecule has 2 aromatic rings. The molecule has 0 spiro atoms. The van der Waals surface area contributed by atoms with Crippen molar-refractivity contribution in [1.82, 2.24) is 0 Å². The monoisotopic (exact) mass is 408 g/mol. The Morgan fingerprint density at radius 3 is 2.19 bits per heavy atom. The molecule has 0 aromatic heterocycles. The van der Waals surface area contributed by atoms with E-state index in [-0.39, 0.29) is 0 Å². The van der Waals surface area contributed by atoms with Gasteiger partial charge in [-0.1, -0.05) is 50.1 Å². The largest absolute Gasteiger partial charge is 0.368 e. The molecular formula is C17H18Br2N2. The van der Waals surface area contributed by atoms with Crippen LogP contribution in [-0.2, 0) is 5.33 Å². The van der Waals surface area contributed by atoms with E-state index in [1.165, 1.54) is 16.9 Å². The minimum absolute atomic E-state index is 0.890. The Bertz CT molecular complexity index is 593. The first-order chi connectivity index (χ1) is 10.3. The first-order valence-corrected chi connectivity index (χ1v) is 9.09. The summed E-state index contributed by atoms with van der Waals surface area (Å²) in [5.74, 6) is 0. The lowest BCUT2D eigenvalue weighted by atomic mass is 10.1. The van der Waals surface area contributed by atoms with Crippen molar-refractivity contribution >= 4 is 43.2 Å². The van der Waals surface area contributed by atoms with Crippen molar-refractivity contribution in [1.29, 1.82) is 0 Å². The highest BCUT2D eigenvalue weighted by atomic mass is 79.9. The third kappa shape index (κ3) is 3.43. The number of hydrogen-bond acceptors (Lipinski definition) is 2. The van der Waals surface area contributed by atoms with E-state index in [4.69, 9.17) is 0 Å². The molecule has 1 fully saturated rings. The summed E-state index contributed by atoms with van der Waals surface area (Å²) in [6.45, 7) is 4.27. The van der Waals surface area contributed by atoms with Crippen molar-refractivity contribution in [3.05, 3.63) is 58.6 Å². The second kappa shape index (κ2) is 6.84. The maximum Gasteiger partial charge on any atom is 0.0409 e. The second-order valence-corrected chi connectivity index (χ2v) is 6.69. The summed E-state index contributed by atoms with van der Waals surface area (Å²) in [6.07, 6.45) is 0. The smallest absolute Gasteiger partial charge is 0.0409 e. The van der Waals surface area contributed by atoms with Crippen LogP contribution in [0.4, 0.5) is 11.4 Å². The minimum Gasteiger partial charge on any atom is -0.368 e. The average molecular weight is 410 g/mol. The molecule has 0 saturated carbocycles. The summed E-state index contributed by atoms with van der Waals surface area (Å²) in [4.78, 5) is 4.95. The summed E-state index contributed by atoms with van der Waals surface area (Å²) in [7, 11) is 0. The third-order valence-corrected chi connectivity index (χ3v) is 5.02. The summed E-state index contributed by atoms with van der Waals surface area (Å²) in [6, 6.07) is 17.2. The van der Waals surface area contributed by atoms with Crippen molar-refractivity contribution < 1.29 is 0 Å². The summed E-state index contributed by atoms with van der Waals surface area (Å²) in [5, 5.41) is 0.890. The molecular weight excluding hydrogens is 392 g/mol. The SMILES string of the molecule is BrCc1cc(Br)ccc1N1CCN(c2ccccc2)CC1. The molecule has 1 aliphatic rings. The molecule has 21 heavy (non-hydrogen) atoms. The maximum atomic E-state index is 3.60. The fourth-order valence-corrected chi connectivity index (χ4v) is 3.67. The van der Waals surface area contributed by atoms with Gasteiger partial charge in [0.1, 0.15) is 0 Å². The number of para-hydroxylation sites is 1. The summed E-state index contributed by atoms with van der Waals surface area (Å²) < 4.78 is 1.14. The van der Waals surface area contributed by atoms with Crippen LogP contribution in [0.25, 0.3) is 0 Å². The van der Waals surface area contributed by atoms with Crippen molar-refractivity contribution in [2.45, 2.75) is 5.33 Å². The van der Waals surface area contributed by atoms with Crippen LogP contribution in [0.3, 0.4) is 0 Å². The van der Waals surface area contributed by atoms with Crippen molar-refractivity contribution in [3.8, 4) is 0 Å². The van der Waals surface area contributed by atoms with Gasteiger partial charge in [-0.3, -0.25) is 0 Å². The van der Waals surface area contributed by atoms with Gasteiger partial charge in [-0.2, -0.15) is 0 Å². The van der Waals surface area contributed by atoms with Crippen molar-refractivity contribution in [2.24, 2.45) is 0 Å². The van der Waals surface area contributed by atoms with Gasteiger partial charge < -0.3 is 9.80 Å². The molecule has 2 aromatic carbocycles. The molecule has 0 atom stereocenters. The first kappa shape index (κ1) is 14.9. The Morgan fingerprint density at radius 2 is 1.52 bits per heavy atom. The van der Waals surface area contributed by atoms with Gasteiger partial charge in [0.2, 0.25) is 0 Å². The van der Waals surface area contributed by atoms with Gasteiger partial charge in [-0.25, -0.2) is 0 Å². The van der Waals surface area contributed by atoms with Gasteiger partial charge >= 0.3 is 0 Å². The van der Waals surface area contributed by atoms with Crippen LogP contribution in [0.5, 0.6) is 0 Å². The number of halogens is 2. The van der Waals surface area contributed by atoms with Crippen molar-refractivity contribution in [2.75, 3.05) is 36.0 Å². The Labute approximate surface area is 143 Å². The van der Waals surface area contributed by atoms with Crippen LogP contribution >= 0.6 is 31.9 Å².